The number of nitrogens with zero attached hydrogens (tertiary/aromatic N) is 2. The summed E-state index contributed by atoms with van der Waals surface area (Å²) in [4.78, 5) is 16.0. The smallest absolute Gasteiger partial charge is 0.227 e. The third kappa shape index (κ3) is 3.92. The van der Waals surface area contributed by atoms with E-state index in [1.54, 1.807) is 19.1 Å². The van der Waals surface area contributed by atoms with Crippen molar-refractivity contribution in [2.45, 2.75) is 19.8 Å². The number of nitrogens with one attached hydrogen (secondary N) is 2. The van der Waals surface area contributed by atoms with Gasteiger partial charge in [0, 0.05) is 44.0 Å². The van der Waals surface area contributed by atoms with Gasteiger partial charge in [0.1, 0.15) is 5.82 Å². The van der Waals surface area contributed by atoms with E-state index in [2.05, 4.69) is 20.8 Å². The predicted octanol–water partition coefficient (Wildman–Crippen LogP) is 1.45. The van der Waals surface area contributed by atoms with Crippen LogP contribution in [0.15, 0.2) is 22.7 Å². The second-order valence-corrected chi connectivity index (χ2v) is 5.80. The van der Waals surface area contributed by atoms with Gasteiger partial charge in [0.2, 0.25) is 17.6 Å². The van der Waals surface area contributed by atoms with Crippen LogP contribution in [-0.4, -0.2) is 35.7 Å². The molecule has 2 N–H and O–H groups in total. The minimum absolute atomic E-state index is 0.0192. The first kappa shape index (κ1) is 15.6. The fourth-order valence-corrected chi connectivity index (χ4v) is 2.32. The molecule has 7 heteroatoms. The van der Waals surface area contributed by atoms with Gasteiger partial charge >= 0.3 is 0 Å². The number of amides is 1. The Morgan fingerprint density at radius 3 is 3.00 bits per heavy atom. The van der Waals surface area contributed by atoms with E-state index >= 15 is 0 Å². The molecule has 1 aliphatic heterocycles. The minimum atomic E-state index is -0.268. The van der Waals surface area contributed by atoms with Crippen LogP contribution in [0.4, 0.5) is 4.39 Å². The molecule has 1 aliphatic rings. The van der Waals surface area contributed by atoms with E-state index in [4.69, 9.17) is 4.52 Å². The summed E-state index contributed by atoms with van der Waals surface area (Å²) in [5.41, 5.74) is 1.22. The topological polar surface area (TPSA) is 80.0 Å². The molecule has 1 saturated heterocycles. The van der Waals surface area contributed by atoms with Crippen molar-refractivity contribution in [3.63, 3.8) is 0 Å². The largest absolute Gasteiger partial charge is 0.356 e. The molecule has 23 heavy (non-hydrogen) atoms. The first-order valence-electron chi connectivity index (χ1n) is 7.68. The lowest BCUT2D eigenvalue weighted by Crippen LogP contribution is -2.48. The number of hydrogen-bond donors (Lipinski definition) is 2. The Morgan fingerprint density at radius 1 is 1.48 bits per heavy atom. The second kappa shape index (κ2) is 6.87. The quantitative estimate of drug-likeness (QED) is 0.843. The molecule has 0 aliphatic carbocycles. The normalized spacial score (nSPS) is 14.5. The molecule has 1 fully saturated rings. The highest BCUT2D eigenvalue weighted by Gasteiger charge is 2.17. The summed E-state index contributed by atoms with van der Waals surface area (Å²) < 4.78 is 18.4. The van der Waals surface area contributed by atoms with E-state index in [1.807, 2.05) is 0 Å². The maximum atomic E-state index is 13.3. The fourth-order valence-electron chi connectivity index (χ4n) is 2.32. The summed E-state index contributed by atoms with van der Waals surface area (Å²) in [5.74, 6) is 1.06. The van der Waals surface area contributed by atoms with Gasteiger partial charge in [-0.2, -0.15) is 4.98 Å². The molecule has 2 heterocycles. The highest BCUT2D eigenvalue weighted by molar-refractivity contribution is 5.76. The molecule has 0 radical (unpaired) electrons. The number of aryl methyl sites for hydroxylation is 2. The van der Waals surface area contributed by atoms with Crippen LogP contribution in [0.2, 0.25) is 0 Å². The Balaban J connectivity index is 1.52. The zero-order valence-electron chi connectivity index (χ0n) is 12.9. The fraction of sp³-hybridized carbons (Fsp3) is 0.438. The van der Waals surface area contributed by atoms with Gasteiger partial charge in [-0.15, -0.1) is 0 Å². The van der Waals surface area contributed by atoms with Gasteiger partial charge in [-0.05, 0) is 30.7 Å². The summed E-state index contributed by atoms with van der Waals surface area (Å²) in [7, 11) is 0. The van der Waals surface area contributed by atoms with Gasteiger partial charge in [-0.25, -0.2) is 4.39 Å². The van der Waals surface area contributed by atoms with Gasteiger partial charge in [0.25, 0.3) is 0 Å². The van der Waals surface area contributed by atoms with Crippen LogP contribution in [-0.2, 0) is 11.2 Å². The minimum Gasteiger partial charge on any atom is -0.356 e. The molecule has 6 nitrogen and oxygen atoms in total. The van der Waals surface area contributed by atoms with Crippen molar-refractivity contribution in [3.8, 4) is 11.4 Å². The van der Waals surface area contributed by atoms with Crippen molar-refractivity contribution in [3.05, 3.63) is 35.5 Å². The molecule has 0 saturated carbocycles. The van der Waals surface area contributed by atoms with Gasteiger partial charge in [-0.1, -0.05) is 5.16 Å². The van der Waals surface area contributed by atoms with Crippen LogP contribution < -0.4 is 10.6 Å². The summed E-state index contributed by atoms with van der Waals surface area (Å²) in [6, 6.07) is 4.66. The first-order valence-corrected chi connectivity index (χ1v) is 7.68. The zero-order valence-corrected chi connectivity index (χ0v) is 12.9. The molecule has 2 aromatic rings. The van der Waals surface area contributed by atoms with Crippen LogP contribution in [0, 0.1) is 18.7 Å². The molecule has 3 rings (SSSR count). The van der Waals surface area contributed by atoms with Crippen LogP contribution in [0.3, 0.4) is 0 Å². The van der Waals surface area contributed by atoms with Crippen molar-refractivity contribution < 1.29 is 13.7 Å². The van der Waals surface area contributed by atoms with E-state index in [0.29, 0.717) is 48.1 Å². The maximum absolute atomic E-state index is 13.3. The molecule has 1 aromatic heterocycles. The summed E-state index contributed by atoms with van der Waals surface area (Å²) in [6.45, 7) is 4.31. The van der Waals surface area contributed by atoms with Crippen molar-refractivity contribution in [1.29, 1.82) is 0 Å². The summed E-state index contributed by atoms with van der Waals surface area (Å²) in [6.07, 6.45) is 0.701. The Kier molecular flexibility index (Phi) is 4.66. The number of carbonyl (C=O) groups is 1. The average molecular weight is 318 g/mol. The lowest BCUT2D eigenvalue weighted by molar-refractivity contribution is -0.121. The van der Waals surface area contributed by atoms with E-state index in [9.17, 15) is 9.18 Å². The van der Waals surface area contributed by atoms with Gasteiger partial charge in [0.05, 0.1) is 0 Å². The predicted molar refractivity (Wildman–Crippen MR) is 82.1 cm³/mol. The molecule has 1 amide bonds. The second-order valence-electron chi connectivity index (χ2n) is 5.80. The highest BCUT2D eigenvalue weighted by Crippen LogP contribution is 2.19. The number of halogens is 1. The monoisotopic (exact) mass is 318 g/mol. The van der Waals surface area contributed by atoms with E-state index in [0.717, 1.165) is 13.1 Å². The van der Waals surface area contributed by atoms with Crippen molar-refractivity contribution in [1.82, 2.24) is 20.8 Å². The third-order valence-corrected chi connectivity index (χ3v) is 3.90. The summed E-state index contributed by atoms with van der Waals surface area (Å²) >= 11 is 0. The number of benzene rings is 1. The SMILES string of the molecule is Cc1cc(-c2noc(CCC(=O)NCC3CNC3)n2)ccc1F. The molecule has 0 spiro atoms. The van der Waals surface area contributed by atoms with Crippen LogP contribution in [0.5, 0.6) is 0 Å². The van der Waals surface area contributed by atoms with Gasteiger partial charge < -0.3 is 15.2 Å². The van der Waals surface area contributed by atoms with Crippen LogP contribution >= 0.6 is 0 Å². The lowest BCUT2D eigenvalue weighted by Gasteiger charge is -2.27. The lowest BCUT2D eigenvalue weighted by atomic mass is 10.0. The van der Waals surface area contributed by atoms with Crippen LogP contribution in [0.25, 0.3) is 11.4 Å². The maximum Gasteiger partial charge on any atom is 0.227 e. The van der Waals surface area contributed by atoms with Crippen molar-refractivity contribution >= 4 is 5.91 Å². The Morgan fingerprint density at radius 2 is 2.30 bits per heavy atom. The average Bonchev–Trinajstić information content (AvgIpc) is 2.95. The van der Waals surface area contributed by atoms with Gasteiger partial charge in [-0.3, -0.25) is 4.79 Å². The highest BCUT2D eigenvalue weighted by atomic mass is 19.1. The zero-order chi connectivity index (χ0) is 16.2. The number of aromatic nitrogens is 2. The van der Waals surface area contributed by atoms with E-state index in [-0.39, 0.29) is 11.7 Å². The molecular formula is C16H19FN4O2. The van der Waals surface area contributed by atoms with Crippen molar-refractivity contribution in [2.75, 3.05) is 19.6 Å². The van der Waals surface area contributed by atoms with Crippen LogP contribution in [0.1, 0.15) is 17.9 Å². The Bertz CT molecular complexity index is 697. The molecular weight excluding hydrogens is 299 g/mol. The number of hydrogen-bond acceptors (Lipinski definition) is 5. The van der Waals surface area contributed by atoms with E-state index < -0.39 is 0 Å². The number of rotatable bonds is 6. The molecule has 0 unspecified atom stereocenters. The summed E-state index contributed by atoms with van der Waals surface area (Å²) in [5, 5.41) is 9.94. The van der Waals surface area contributed by atoms with Gasteiger partial charge in [0.15, 0.2) is 0 Å². The molecule has 0 bridgehead atoms. The van der Waals surface area contributed by atoms with E-state index in [1.165, 1.54) is 6.07 Å². The molecule has 1 aromatic carbocycles. The number of carbonyl (C=O) groups excluding carboxylic acids is 1. The molecule has 122 valence electrons. The Hall–Kier alpha value is -2.28. The first-order chi connectivity index (χ1) is 11.1. The molecule has 0 atom stereocenters. The Labute approximate surface area is 133 Å². The third-order valence-electron chi connectivity index (χ3n) is 3.90. The standard InChI is InChI=1S/C16H19FN4O2/c1-10-6-12(2-3-13(10)17)16-20-15(23-21-16)5-4-14(22)19-9-11-7-18-8-11/h2-3,6,11,18H,4-5,7-9H2,1H3,(H,19,22). The van der Waals surface area contributed by atoms with Crippen molar-refractivity contribution in [2.24, 2.45) is 5.92 Å².